The van der Waals surface area contributed by atoms with Gasteiger partial charge >= 0.3 is 5.97 Å². The number of piperazine rings is 1. The van der Waals surface area contributed by atoms with Crippen LogP contribution in [0.1, 0.15) is 17.0 Å². The Morgan fingerprint density at radius 3 is 2.23 bits per heavy atom. The zero-order valence-electron chi connectivity index (χ0n) is 23.1. The van der Waals surface area contributed by atoms with E-state index in [1.807, 2.05) is 97.6 Å². The van der Waals surface area contributed by atoms with Crippen molar-refractivity contribution < 1.29 is 18.7 Å². The average molecular weight is 539 g/mol. The van der Waals surface area contributed by atoms with Crippen LogP contribution in [0.25, 0.3) is 22.6 Å². The van der Waals surface area contributed by atoms with Crippen LogP contribution < -0.4 is 5.32 Å². The number of carbonyl (C=O) groups excluding carboxylic acids is 2. The zero-order chi connectivity index (χ0) is 28.1. The molecule has 0 spiro atoms. The molecule has 3 aromatic carbocycles. The number of rotatable bonds is 8. The van der Waals surface area contributed by atoms with Crippen LogP contribution in [0.3, 0.4) is 0 Å². The summed E-state index contributed by atoms with van der Waals surface area (Å²) in [5.41, 5.74) is 5.52. The van der Waals surface area contributed by atoms with E-state index in [1.54, 1.807) is 0 Å². The Kier molecular flexibility index (Phi) is 8.38. The van der Waals surface area contributed by atoms with Gasteiger partial charge in [-0.05, 0) is 25.0 Å². The molecule has 1 saturated heterocycles. The molecule has 0 aliphatic carbocycles. The smallest absolute Gasteiger partial charge is 0.324 e. The van der Waals surface area contributed by atoms with Gasteiger partial charge in [-0.2, -0.15) is 0 Å². The van der Waals surface area contributed by atoms with Crippen LogP contribution in [0.4, 0.5) is 5.69 Å². The first kappa shape index (κ1) is 27.3. The lowest BCUT2D eigenvalue weighted by Gasteiger charge is -2.39. The van der Waals surface area contributed by atoms with Gasteiger partial charge in [0.25, 0.3) is 0 Å². The summed E-state index contributed by atoms with van der Waals surface area (Å²) >= 11 is 0. The van der Waals surface area contributed by atoms with Crippen molar-refractivity contribution in [2.45, 2.75) is 26.4 Å². The number of benzene rings is 3. The Bertz CT molecular complexity index is 1390. The van der Waals surface area contributed by atoms with Gasteiger partial charge in [0.05, 0.1) is 20.2 Å². The monoisotopic (exact) mass is 538 g/mol. The molecule has 1 aliphatic heterocycles. The van der Waals surface area contributed by atoms with Gasteiger partial charge in [-0.25, -0.2) is 4.98 Å². The lowest BCUT2D eigenvalue weighted by Crippen LogP contribution is -2.57. The molecule has 0 radical (unpaired) electrons. The number of methoxy groups -OCH3 is 1. The van der Waals surface area contributed by atoms with Crippen LogP contribution in [0, 0.1) is 13.8 Å². The van der Waals surface area contributed by atoms with Gasteiger partial charge in [0.2, 0.25) is 11.8 Å². The second-order valence-electron chi connectivity index (χ2n) is 10.1. The third kappa shape index (κ3) is 6.14. The Labute approximate surface area is 234 Å². The molecule has 1 amide bonds. The molecule has 8 heteroatoms. The maximum absolute atomic E-state index is 13.0. The Morgan fingerprint density at radius 1 is 0.925 bits per heavy atom. The highest BCUT2D eigenvalue weighted by Gasteiger charge is 2.35. The van der Waals surface area contributed by atoms with E-state index in [2.05, 4.69) is 10.2 Å². The molecule has 1 aromatic heterocycles. The second kappa shape index (κ2) is 12.3. The van der Waals surface area contributed by atoms with Crippen molar-refractivity contribution in [3.8, 4) is 22.6 Å². The van der Waals surface area contributed by atoms with Gasteiger partial charge < -0.3 is 14.5 Å². The molecule has 206 valence electrons. The highest BCUT2D eigenvalue weighted by molar-refractivity contribution is 5.94. The molecule has 0 bridgehead atoms. The Hall–Kier alpha value is -4.27. The lowest BCUT2D eigenvalue weighted by atomic mass is 10.1. The first-order chi connectivity index (χ1) is 19.4. The van der Waals surface area contributed by atoms with E-state index in [-0.39, 0.29) is 18.4 Å². The summed E-state index contributed by atoms with van der Waals surface area (Å²) in [7, 11) is 1.38. The number of para-hydroxylation sites is 1. The molecule has 0 saturated carbocycles. The summed E-state index contributed by atoms with van der Waals surface area (Å²) in [5.74, 6) is 0.759. The van der Waals surface area contributed by atoms with Crippen LogP contribution in [-0.4, -0.2) is 66.0 Å². The van der Waals surface area contributed by atoms with E-state index in [1.165, 1.54) is 7.11 Å². The number of nitrogens with one attached hydrogen (secondary N) is 1. The maximum atomic E-state index is 13.0. The molecular formula is C32H34N4O4. The predicted octanol–water partition coefficient (Wildman–Crippen LogP) is 4.92. The molecule has 2 heterocycles. The first-order valence-electron chi connectivity index (χ1n) is 13.4. The largest absolute Gasteiger partial charge is 0.468 e. The van der Waals surface area contributed by atoms with Crippen LogP contribution in [0.5, 0.6) is 0 Å². The number of aromatic nitrogens is 1. The number of anilines is 1. The lowest BCUT2D eigenvalue weighted by molar-refractivity contribution is -0.150. The van der Waals surface area contributed by atoms with Crippen LogP contribution in [-0.2, 0) is 20.9 Å². The minimum Gasteiger partial charge on any atom is -0.468 e. The van der Waals surface area contributed by atoms with Crippen molar-refractivity contribution in [3.05, 3.63) is 95.9 Å². The SMILES string of the molecule is COC(=O)C1CN(Cc2nc(-c3ccccc3)c(-c3ccccc3)o2)CCN1CC(=O)Nc1c(C)cccc1C. The van der Waals surface area contributed by atoms with E-state index in [9.17, 15) is 9.59 Å². The maximum Gasteiger partial charge on any atom is 0.324 e. The van der Waals surface area contributed by atoms with Crippen molar-refractivity contribution in [1.29, 1.82) is 0 Å². The normalized spacial score (nSPS) is 16.0. The average Bonchev–Trinajstić information content (AvgIpc) is 3.40. The van der Waals surface area contributed by atoms with Gasteiger partial charge in [0.15, 0.2) is 5.76 Å². The standard InChI is InChI=1S/C32H34N4O4/c1-22-11-10-12-23(2)29(22)33-27(37)20-36-18-17-35(19-26(36)32(38)39-3)21-28-34-30(24-13-6-4-7-14-24)31(40-28)25-15-8-5-9-16-25/h4-16,26H,17-21H2,1-3H3,(H,33,37). The molecule has 1 unspecified atom stereocenters. The summed E-state index contributed by atoms with van der Waals surface area (Å²) in [4.78, 5) is 34.6. The number of aryl methyl sites for hydroxylation is 2. The molecule has 4 aromatic rings. The minimum atomic E-state index is -0.584. The number of hydrogen-bond acceptors (Lipinski definition) is 7. The van der Waals surface area contributed by atoms with Gasteiger partial charge in [0, 0.05) is 36.4 Å². The minimum absolute atomic E-state index is 0.0939. The van der Waals surface area contributed by atoms with Gasteiger partial charge in [-0.15, -0.1) is 0 Å². The molecule has 1 atom stereocenters. The van der Waals surface area contributed by atoms with E-state index in [0.29, 0.717) is 37.8 Å². The summed E-state index contributed by atoms with van der Waals surface area (Å²) in [6, 6.07) is 25.2. The highest BCUT2D eigenvalue weighted by atomic mass is 16.5. The fourth-order valence-electron chi connectivity index (χ4n) is 5.14. The van der Waals surface area contributed by atoms with Crippen molar-refractivity contribution >= 4 is 17.6 Å². The molecule has 1 aliphatic rings. The van der Waals surface area contributed by atoms with Crippen LogP contribution >= 0.6 is 0 Å². The summed E-state index contributed by atoms with van der Waals surface area (Å²) in [6.07, 6.45) is 0. The number of amides is 1. The van der Waals surface area contributed by atoms with Gasteiger partial charge in [-0.1, -0.05) is 78.9 Å². The number of ether oxygens (including phenoxy) is 1. The third-order valence-electron chi connectivity index (χ3n) is 7.25. The topological polar surface area (TPSA) is 87.9 Å². The Balaban J connectivity index is 1.31. The number of hydrogen-bond donors (Lipinski definition) is 1. The predicted molar refractivity (Wildman–Crippen MR) is 155 cm³/mol. The molecule has 1 fully saturated rings. The van der Waals surface area contributed by atoms with Crippen LogP contribution in [0.15, 0.2) is 83.3 Å². The van der Waals surface area contributed by atoms with E-state index < -0.39 is 6.04 Å². The summed E-state index contributed by atoms with van der Waals surface area (Å²) < 4.78 is 11.4. The second-order valence-corrected chi connectivity index (χ2v) is 10.1. The molecule has 5 rings (SSSR count). The third-order valence-corrected chi connectivity index (χ3v) is 7.25. The van der Waals surface area contributed by atoms with E-state index in [0.717, 1.165) is 33.6 Å². The zero-order valence-corrected chi connectivity index (χ0v) is 23.1. The molecule has 40 heavy (non-hydrogen) atoms. The molecular weight excluding hydrogens is 504 g/mol. The first-order valence-corrected chi connectivity index (χ1v) is 13.4. The fraction of sp³-hybridized carbons (Fsp3) is 0.281. The van der Waals surface area contributed by atoms with E-state index >= 15 is 0 Å². The highest BCUT2D eigenvalue weighted by Crippen LogP contribution is 2.33. The number of carbonyl (C=O) groups is 2. The van der Waals surface area contributed by atoms with Crippen molar-refractivity contribution in [2.24, 2.45) is 0 Å². The Morgan fingerprint density at radius 2 is 1.57 bits per heavy atom. The number of nitrogens with zero attached hydrogens (tertiary/aromatic N) is 3. The van der Waals surface area contributed by atoms with Gasteiger partial charge in [0.1, 0.15) is 11.7 Å². The van der Waals surface area contributed by atoms with Gasteiger partial charge in [-0.3, -0.25) is 19.4 Å². The fourth-order valence-corrected chi connectivity index (χ4v) is 5.14. The van der Waals surface area contributed by atoms with Crippen molar-refractivity contribution in [2.75, 3.05) is 38.6 Å². The molecule has 8 nitrogen and oxygen atoms in total. The van der Waals surface area contributed by atoms with E-state index in [4.69, 9.17) is 14.1 Å². The van der Waals surface area contributed by atoms with Crippen molar-refractivity contribution in [3.63, 3.8) is 0 Å². The number of oxazole rings is 1. The molecule has 1 N–H and O–H groups in total. The summed E-state index contributed by atoms with van der Waals surface area (Å²) in [6.45, 7) is 6.03. The van der Waals surface area contributed by atoms with Crippen molar-refractivity contribution in [1.82, 2.24) is 14.8 Å². The summed E-state index contributed by atoms with van der Waals surface area (Å²) in [5, 5.41) is 3.02. The quantitative estimate of drug-likeness (QED) is 0.319. The van der Waals surface area contributed by atoms with Crippen LogP contribution in [0.2, 0.25) is 0 Å². The number of esters is 1.